The highest BCUT2D eigenvalue weighted by Gasteiger charge is 2.38. The van der Waals surface area contributed by atoms with E-state index in [4.69, 9.17) is 5.73 Å². The van der Waals surface area contributed by atoms with Gasteiger partial charge in [-0.25, -0.2) is 0 Å². The second-order valence-electron chi connectivity index (χ2n) is 4.76. The van der Waals surface area contributed by atoms with Crippen molar-refractivity contribution in [2.24, 2.45) is 5.73 Å². The van der Waals surface area contributed by atoms with Gasteiger partial charge in [-0.15, -0.1) is 0 Å². The molecule has 4 N–H and O–H groups in total. The van der Waals surface area contributed by atoms with Crippen LogP contribution in [0.5, 0.6) is 0 Å². The smallest absolute Gasteiger partial charge is 0.243 e. The molecule has 0 saturated carbocycles. The predicted octanol–water partition coefficient (Wildman–Crippen LogP) is -0.763. The second kappa shape index (κ2) is 6.85. The number of nitrogens with one attached hydrogen (secondary N) is 1. The molecule has 0 radical (unpaired) electrons. The molecule has 1 saturated heterocycles. The summed E-state index contributed by atoms with van der Waals surface area (Å²) in [6.07, 6.45) is -0.435. The number of carbonyl (C=O) groups is 3. The number of aliphatic hydroxyl groups is 1. The van der Waals surface area contributed by atoms with Gasteiger partial charge in [0.15, 0.2) is 0 Å². The summed E-state index contributed by atoms with van der Waals surface area (Å²) >= 11 is 3.10. The Balaban J connectivity index is 2.75. The maximum atomic E-state index is 12.1. The first-order chi connectivity index (χ1) is 9.22. The quantitative estimate of drug-likeness (QED) is 0.606. The Morgan fingerprint density at radius 3 is 2.60 bits per heavy atom. The lowest BCUT2D eigenvalue weighted by molar-refractivity contribution is -0.138. The number of likely N-dealkylation sites (tertiary alicyclic amines) is 1. The molecule has 0 bridgehead atoms. The number of amides is 3. The number of halogens is 1. The molecule has 0 aromatic carbocycles. The van der Waals surface area contributed by atoms with Crippen molar-refractivity contribution in [2.45, 2.75) is 38.0 Å². The van der Waals surface area contributed by atoms with Crippen molar-refractivity contribution in [3.05, 3.63) is 11.1 Å². The highest BCUT2D eigenvalue weighted by atomic mass is 79.9. The van der Waals surface area contributed by atoms with E-state index in [1.807, 2.05) is 0 Å². The standard InChI is InChI=1S/C12H18BrN3O4/c1-6(13)3-9(11(14)19)15-12(20)10-4-8(18)5-16(10)7(2)17/h8-10,18H,1,3-5H2,2H3,(H2,14,19)(H,15,20)/t8-,9-,10+/m1/s1. The number of aliphatic hydroxyl groups excluding tert-OH is 1. The van der Waals surface area contributed by atoms with Crippen LogP contribution < -0.4 is 11.1 Å². The minimum Gasteiger partial charge on any atom is -0.391 e. The molecule has 0 aliphatic carbocycles. The number of nitrogens with two attached hydrogens (primary N) is 1. The fourth-order valence-corrected chi connectivity index (χ4v) is 2.45. The zero-order valence-electron chi connectivity index (χ0n) is 11.1. The summed E-state index contributed by atoms with van der Waals surface area (Å²) in [5.74, 6) is -1.50. The molecule has 8 heteroatoms. The first-order valence-corrected chi connectivity index (χ1v) is 6.90. The molecule has 112 valence electrons. The van der Waals surface area contributed by atoms with Crippen molar-refractivity contribution in [1.82, 2.24) is 10.2 Å². The Bertz CT molecular complexity index is 440. The normalized spacial score (nSPS) is 23.2. The van der Waals surface area contributed by atoms with Gasteiger partial charge in [-0.1, -0.05) is 22.5 Å². The SMILES string of the molecule is C=C(Br)C[C@@H](NC(=O)[C@@H]1C[C@@H](O)CN1C(C)=O)C(N)=O. The molecule has 1 heterocycles. The van der Waals surface area contributed by atoms with Gasteiger partial charge in [0.1, 0.15) is 12.1 Å². The van der Waals surface area contributed by atoms with Crippen molar-refractivity contribution < 1.29 is 19.5 Å². The van der Waals surface area contributed by atoms with Gasteiger partial charge in [0.2, 0.25) is 17.7 Å². The van der Waals surface area contributed by atoms with Crippen LogP contribution in [0.3, 0.4) is 0 Å². The minimum absolute atomic E-state index is 0.111. The Morgan fingerprint density at radius 2 is 2.15 bits per heavy atom. The molecule has 1 aliphatic rings. The third kappa shape index (κ3) is 4.31. The molecular formula is C12H18BrN3O4. The number of β-amino-alcohol motifs (C(OH)–C–C–N with tert-alkyl or cyclic N) is 1. The molecule has 1 rings (SSSR count). The molecule has 1 aliphatic heterocycles. The van der Waals surface area contributed by atoms with Crippen LogP contribution in [0, 0.1) is 0 Å². The van der Waals surface area contributed by atoms with E-state index >= 15 is 0 Å². The Morgan fingerprint density at radius 1 is 1.55 bits per heavy atom. The Hall–Kier alpha value is -1.41. The van der Waals surface area contributed by atoms with Gasteiger partial charge in [0, 0.05) is 26.3 Å². The van der Waals surface area contributed by atoms with Gasteiger partial charge in [-0.2, -0.15) is 0 Å². The van der Waals surface area contributed by atoms with Gasteiger partial charge < -0.3 is 21.1 Å². The lowest BCUT2D eigenvalue weighted by Gasteiger charge is -2.24. The number of nitrogens with zero attached hydrogens (tertiary/aromatic N) is 1. The van der Waals surface area contributed by atoms with Crippen molar-refractivity contribution >= 4 is 33.7 Å². The summed E-state index contributed by atoms with van der Waals surface area (Å²) in [7, 11) is 0. The van der Waals surface area contributed by atoms with Crippen LogP contribution in [0.1, 0.15) is 19.8 Å². The summed E-state index contributed by atoms with van der Waals surface area (Å²) < 4.78 is 0.525. The van der Waals surface area contributed by atoms with Crippen LogP contribution in [-0.4, -0.2) is 52.5 Å². The van der Waals surface area contributed by atoms with Crippen molar-refractivity contribution in [2.75, 3.05) is 6.54 Å². The third-order valence-corrected chi connectivity index (χ3v) is 3.40. The summed E-state index contributed by atoms with van der Waals surface area (Å²) in [5, 5.41) is 12.1. The molecule has 1 fully saturated rings. The highest BCUT2D eigenvalue weighted by Crippen LogP contribution is 2.19. The van der Waals surface area contributed by atoms with Gasteiger partial charge in [0.05, 0.1) is 6.10 Å². The van der Waals surface area contributed by atoms with E-state index in [0.717, 1.165) is 0 Å². The molecule has 0 aromatic heterocycles. The summed E-state index contributed by atoms with van der Waals surface area (Å²) in [6, 6.07) is -1.69. The topological polar surface area (TPSA) is 113 Å². The summed E-state index contributed by atoms with van der Waals surface area (Å²) in [6.45, 7) is 5.02. The van der Waals surface area contributed by atoms with Crippen molar-refractivity contribution in [1.29, 1.82) is 0 Å². The van der Waals surface area contributed by atoms with Crippen molar-refractivity contribution in [3.8, 4) is 0 Å². The molecule has 20 heavy (non-hydrogen) atoms. The number of primary amides is 1. The Kier molecular flexibility index (Phi) is 5.70. The van der Waals surface area contributed by atoms with E-state index in [9.17, 15) is 19.5 Å². The van der Waals surface area contributed by atoms with Crippen LogP contribution in [0.2, 0.25) is 0 Å². The lowest BCUT2D eigenvalue weighted by Crippen LogP contribution is -2.51. The minimum atomic E-state index is -0.902. The van der Waals surface area contributed by atoms with E-state index in [-0.39, 0.29) is 25.3 Å². The van der Waals surface area contributed by atoms with Gasteiger partial charge in [-0.05, 0) is 4.48 Å². The van der Waals surface area contributed by atoms with E-state index in [2.05, 4.69) is 27.8 Å². The van der Waals surface area contributed by atoms with Gasteiger partial charge in [0.25, 0.3) is 0 Å². The maximum Gasteiger partial charge on any atom is 0.243 e. The fourth-order valence-electron chi connectivity index (χ4n) is 2.12. The molecule has 3 amide bonds. The molecule has 3 atom stereocenters. The first-order valence-electron chi connectivity index (χ1n) is 6.10. The van der Waals surface area contributed by atoms with Crippen LogP contribution in [-0.2, 0) is 14.4 Å². The zero-order valence-corrected chi connectivity index (χ0v) is 12.7. The number of rotatable bonds is 5. The van der Waals surface area contributed by atoms with Gasteiger partial charge in [-0.3, -0.25) is 14.4 Å². The van der Waals surface area contributed by atoms with E-state index in [1.165, 1.54) is 11.8 Å². The summed E-state index contributed by atoms with van der Waals surface area (Å²) in [4.78, 5) is 36.1. The number of hydrogen-bond acceptors (Lipinski definition) is 4. The second-order valence-corrected chi connectivity index (χ2v) is 5.88. The van der Waals surface area contributed by atoms with Crippen molar-refractivity contribution in [3.63, 3.8) is 0 Å². The molecule has 0 spiro atoms. The first kappa shape index (κ1) is 16.6. The summed E-state index contributed by atoms with van der Waals surface area (Å²) in [5.41, 5.74) is 5.21. The molecule has 7 nitrogen and oxygen atoms in total. The molecular weight excluding hydrogens is 330 g/mol. The van der Waals surface area contributed by atoms with Crippen LogP contribution in [0.4, 0.5) is 0 Å². The molecule has 0 aromatic rings. The van der Waals surface area contributed by atoms with Crippen LogP contribution in [0.15, 0.2) is 11.1 Å². The van der Waals surface area contributed by atoms with Gasteiger partial charge >= 0.3 is 0 Å². The average molecular weight is 348 g/mol. The maximum absolute atomic E-state index is 12.1. The molecule has 0 unspecified atom stereocenters. The number of carbonyl (C=O) groups excluding carboxylic acids is 3. The lowest BCUT2D eigenvalue weighted by atomic mass is 10.1. The average Bonchev–Trinajstić information content (AvgIpc) is 2.69. The zero-order chi connectivity index (χ0) is 15.4. The predicted molar refractivity (Wildman–Crippen MR) is 75.6 cm³/mol. The fraction of sp³-hybridized carbons (Fsp3) is 0.583. The van der Waals surface area contributed by atoms with E-state index < -0.39 is 30.0 Å². The largest absolute Gasteiger partial charge is 0.391 e. The third-order valence-electron chi connectivity index (χ3n) is 3.07. The Labute approximate surface area is 125 Å². The number of hydrogen-bond donors (Lipinski definition) is 3. The monoisotopic (exact) mass is 347 g/mol. The van der Waals surface area contributed by atoms with E-state index in [0.29, 0.717) is 4.48 Å². The van der Waals surface area contributed by atoms with Crippen LogP contribution in [0.25, 0.3) is 0 Å². The highest BCUT2D eigenvalue weighted by molar-refractivity contribution is 9.11. The van der Waals surface area contributed by atoms with Crippen LogP contribution >= 0.6 is 15.9 Å². The van der Waals surface area contributed by atoms with E-state index in [1.54, 1.807) is 0 Å².